The van der Waals surface area contributed by atoms with Crippen molar-refractivity contribution in [2.45, 2.75) is 24.9 Å². The summed E-state index contributed by atoms with van der Waals surface area (Å²) in [7, 11) is 0. The molecule has 2 amide bonds. The van der Waals surface area contributed by atoms with Crippen molar-refractivity contribution in [3.05, 3.63) is 108 Å². The number of aliphatic carboxylic acids is 1. The van der Waals surface area contributed by atoms with E-state index in [9.17, 15) is 19.5 Å². The van der Waals surface area contributed by atoms with Crippen LogP contribution in [0.3, 0.4) is 0 Å². The summed E-state index contributed by atoms with van der Waals surface area (Å²) in [6, 6.07) is 24.9. The van der Waals surface area contributed by atoms with Gasteiger partial charge in [0.1, 0.15) is 6.04 Å². The average Bonchev–Trinajstić information content (AvgIpc) is 3.30. The Labute approximate surface area is 196 Å². The molecule has 1 heterocycles. The molecule has 1 unspecified atom stereocenters. The van der Waals surface area contributed by atoms with Gasteiger partial charge in [0, 0.05) is 23.5 Å². The summed E-state index contributed by atoms with van der Waals surface area (Å²) in [6.45, 7) is 0. The average molecular weight is 456 g/mol. The monoisotopic (exact) mass is 455 g/mol. The second-order valence-electron chi connectivity index (χ2n) is 7.97. The number of carbonyl (C=O) groups is 3. The van der Waals surface area contributed by atoms with E-state index in [4.69, 9.17) is 0 Å². The summed E-state index contributed by atoms with van der Waals surface area (Å²) in [6.07, 6.45) is 1.29. The van der Waals surface area contributed by atoms with Crippen LogP contribution in [0.4, 0.5) is 0 Å². The van der Waals surface area contributed by atoms with Gasteiger partial charge in [0.25, 0.3) is 5.91 Å². The number of aromatic amines is 1. The molecule has 1 aromatic heterocycles. The molecule has 4 N–H and O–H groups in total. The predicted octanol–water partition coefficient (Wildman–Crippen LogP) is 4.04. The lowest BCUT2D eigenvalue weighted by Crippen LogP contribution is -2.48. The van der Waals surface area contributed by atoms with Crippen LogP contribution in [0.2, 0.25) is 0 Å². The Morgan fingerprint density at radius 3 is 2.00 bits per heavy atom. The fourth-order valence-corrected chi connectivity index (χ4v) is 3.92. The van der Waals surface area contributed by atoms with Crippen LogP contribution in [-0.2, 0) is 9.59 Å². The van der Waals surface area contributed by atoms with Crippen LogP contribution in [-0.4, -0.2) is 33.9 Å². The van der Waals surface area contributed by atoms with Gasteiger partial charge in [0.2, 0.25) is 5.91 Å². The molecule has 4 aromatic rings. The minimum atomic E-state index is -1.04. The first-order valence-corrected chi connectivity index (χ1v) is 11.0. The van der Waals surface area contributed by atoms with Crippen molar-refractivity contribution in [1.82, 2.24) is 15.6 Å². The molecule has 0 saturated carbocycles. The minimum absolute atomic E-state index is 0.0361. The lowest BCUT2D eigenvalue weighted by molar-refractivity contribution is -0.137. The molecule has 7 nitrogen and oxygen atoms in total. The molecule has 0 radical (unpaired) electrons. The van der Waals surface area contributed by atoms with Crippen molar-refractivity contribution in [3.8, 4) is 0 Å². The van der Waals surface area contributed by atoms with Gasteiger partial charge >= 0.3 is 5.97 Å². The van der Waals surface area contributed by atoms with E-state index in [1.807, 2.05) is 84.9 Å². The number of carboxylic acid groups (broad SMARTS) is 1. The summed E-state index contributed by atoms with van der Waals surface area (Å²) in [5, 5.41) is 15.7. The Morgan fingerprint density at radius 1 is 0.794 bits per heavy atom. The lowest BCUT2D eigenvalue weighted by atomic mass is 9.98. The summed E-state index contributed by atoms with van der Waals surface area (Å²) in [5.41, 5.74) is 2.95. The van der Waals surface area contributed by atoms with Gasteiger partial charge in [-0.2, -0.15) is 0 Å². The maximum atomic E-state index is 13.4. The first-order valence-electron chi connectivity index (χ1n) is 11.0. The van der Waals surface area contributed by atoms with Gasteiger partial charge in [-0.1, -0.05) is 78.9 Å². The van der Waals surface area contributed by atoms with E-state index in [-0.39, 0.29) is 12.8 Å². The van der Waals surface area contributed by atoms with E-state index < -0.39 is 29.9 Å². The Balaban J connectivity index is 1.58. The number of carboxylic acids is 1. The zero-order valence-corrected chi connectivity index (χ0v) is 18.4. The van der Waals surface area contributed by atoms with Crippen molar-refractivity contribution in [2.75, 3.05) is 0 Å². The number of benzene rings is 3. The number of hydrogen-bond acceptors (Lipinski definition) is 3. The smallest absolute Gasteiger partial charge is 0.303 e. The molecule has 0 aliphatic heterocycles. The van der Waals surface area contributed by atoms with Crippen molar-refractivity contribution in [1.29, 1.82) is 0 Å². The van der Waals surface area contributed by atoms with Gasteiger partial charge in [-0.25, -0.2) is 0 Å². The van der Waals surface area contributed by atoms with Crippen LogP contribution in [0, 0.1) is 0 Å². The molecule has 0 spiro atoms. The zero-order valence-electron chi connectivity index (χ0n) is 18.4. The summed E-state index contributed by atoms with van der Waals surface area (Å²) in [5.74, 6) is -1.94. The molecule has 7 heteroatoms. The summed E-state index contributed by atoms with van der Waals surface area (Å²) in [4.78, 5) is 40.7. The lowest BCUT2D eigenvalue weighted by Gasteiger charge is -2.24. The van der Waals surface area contributed by atoms with Gasteiger partial charge in [0.15, 0.2) is 0 Å². The van der Waals surface area contributed by atoms with Crippen molar-refractivity contribution >= 4 is 28.7 Å². The zero-order chi connectivity index (χ0) is 23.9. The minimum Gasteiger partial charge on any atom is -0.481 e. The van der Waals surface area contributed by atoms with Crippen molar-refractivity contribution in [3.63, 3.8) is 0 Å². The van der Waals surface area contributed by atoms with E-state index >= 15 is 0 Å². The van der Waals surface area contributed by atoms with E-state index in [1.165, 1.54) is 0 Å². The predicted molar refractivity (Wildman–Crippen MR) is 129 cm³/mol. The van der Waals surface area contributed by atoms with Gasteiger partial charge in [0.05, 0.1) is 11.6 Å². The second kappa shape index (κ2) is 10.5. The third kappa shape index (κ3) is 5.32. The van der Waals surface area contributed by atoms with Crippen molar-refractivity contribution in [2.24, 2.45) is 0 Å². The molecule has 0 saturated heterocycles. The number of aromatic nitrogens is 1. The Hall–Kier alpha value is -4.39. The van der Waals surface area contributed by atoms with Gasteiger partial charge in [-0.15, -0.1) is 0 Å². The number of rotatable bonds is 9. The number of fused-ring (bicyclic) bond motifs is 1. The molecular weight excluding hydrogens is 430 g/mol. The molecule has 0 aliphatic carbocycles. The molecule has 0 aliphatic rings. The van der Waals surface area contributed by atoms with Crippen LogP contribution >= 0.6 is 0 Å². The first kappa shape index (κ1) is 22.8. The Kier molecular flexibility index (Phi) is 7.03. The largest absolute Gasteiger partial charge is 0.481 e. The van der Waals surface area contributed by atoms with Crippen LogP contribution in [0.15, 0.2) is 91.1 Å². The highest BCUT2D eigenvalue weighted by atomic mass is 16.4. The number of carbonyl (C=O) groups excluding carboxylic acids is 2. The third-order valence-corrected chi connectivity index (χ3v) is 5.65. The van der Waals surface area contributed by atoms with E-state index in [0.29, 0.717) is 5.56 Å². The summed E-state index contributed by atoms with van der Waals surface area (Å²) < 4.78 is 0. The third-order valence-electron chi connectivity index (χ3n) is 5.65. The van der Waals surface area contributed by atoms with E-state index in [1.54, 1.807) is 6.20 Å². The highest BCUT2D eigenvalue weighted by Gasteiger charge is 2.26. The fraction of sp³-hybridized carbons (Fsp3) is 0.148. The molecule has 172 valence electrons. The number of para-hydroxylation sites is 1. The first-order chi connectivity index (χ1) is 16.5. The standard InChI is InChI=1S/C27H25N3O4/c31-24(32)16-15-23(29-26(33)21-17-28-22-14-8-7-13-20(21)22)27(34)30-25(18-9-3-1-4-10-18)19-11-5-2-6-12-19/h1-14,17,23,25,28H,15-16H2,(H,29,33)(H,30,34)(H,31,32). The quantitative estimate of drug-likeness (QED) is 0.305. The summed E-state index contributed by atoms with van der Waals surface area (Å²) >= 11 is 0. The number of amides is 2. The highest BCUT2D eigenvalue weighted by molar-refractivity contribution is 6.07. The number of H-pyrrole nitrogens is 1. The number of nitrogens with one attached hydrogen (secondary N) is 3. The maximum Gasteiger partial charge on any atom is 0.303 e. The van der Waals surface area contributed by atoms with Crippen LogP contribution in [0.5, 0.6) is 0 Å². The molecule has 1 atom stereocenters. The van der Waals surface area contributed by atoms with Gasteiger partial charge < -0.3 is 20.7 Å². The molecule has 4 rings (SSSR count). The van der Waals surface area contributed by atoms with Crippen LogP contribution in [0.1, 0.15) is 40.4 Å². The molecule has 3 aromatic carbocycles. The highest BCUT2D eigenvalue weighted by Crippen LogP contribution is 2.22. The van der Waals surface area contributed by atoms with Gasteiger partial charge in [-0.3, -0.25) is 14.4 Å². The SMILES string of the molecule is O=C(O)CCC(NC(=O)c1c[nH]c2ccccc12)C(=O)NC(c1ccccc1)c1ccccc1. The molecule has 34 heavy (non-hydrogen) atoms. The maximum absolute atomic E-state index is 13.4. The number of hydrogen-bond donors (Lipinski definition) is 4. The van der Waals surface area contributed by atoms with Gasteiger partial charge in [-0.05, 0) is 23.6 Å². The van der Waals surface area contributed by atoms with Crippen LogP contribution in [0.25, 0.3) is 10.9 Å². The van der Waals surface area contributed by atoms with E-state index in [2.05, 4.69) is 15.6 Å². The molecule has 0 fully saturated rings. The fourth-order valence-electron chi connectivity index (χ4n) is 3.92. The second-order valence-corrected chi connectivity index (χ2v) is 7.97. The molecule has 0 bridgehead atoms. The Bertz CT molecular complexity index is 1250. The van der Waals surface area contributed by atoms with E-state index in [0.717, 1.165) is 22.0 Å². The Morgan fingerprint density at radius 2 is 1.38 bits per heavy atom. The van der Waals surface area contributed by atoms with Crippen LogP contribution < -0.4 is 10.6 Å². The van der Waals surface area contributed by atoms with Crippen molar-refractivity contribution < 1.29 is 19.5 Å². The topological polar surface area (TPSA) is 111 Å². The molecular formula is C27H25N3O4. The normalized spacial score (nSPS) is 11.8.